The van der Waals surface area contributed by atoms with Crippen LogP contribution in [-0.4, -0.2) is 28.9 Å². The third-order valence-electron chi connectivity index (χ3n) is 8.02. The second-order valence-electron chi connectivity index (χ2n) is 12.7. The van der Waals surface area contributed by atoms with Gasteiger partial charge in [-0.2, -0.15) is 13.2 Å². The summed E-state index contributed by atoms with van der Waals surface area (Å²) in [6.07, 6.45) is -4.53. The quantitative estimate of drug-likeness (QED) is 0.137. The minimum atomic E-state index is -4.52. The molecule has 3 N–H and O–H groups in total. The van der Waals surface area contributed by atoms with Gasteiger partial charge in [-0.25, -0.2) is 4.79 Å². The van der Waals surface area contributed by atoms with E-state index >= 15 is 0 Å². The van der Waals surface area contributed by atoms with Crippen LogP contribution in [0.2, 0.25) is 0 Å². The highest BCUT2D eigenvalue weighted by Gasteiger charge is 2.30. The number of rotatable bonds is 10. The van der Waals surface area contributed by atoms with Crippen LogP contribution in [0.25, 0.3) is 11.1 Å². The number of benzene rings is 5. The molecule has 0 aliphatic heterocycles. The number of alkyl halides is 3. The zero-order valence-corrected chi connectivity index (χ0v) is 27.5. The van der Waals surface area contributed by atoms with E-state index in [0.29, 0.717) is 11.1 Å². The van der Waals surface area contributed by atoms with Gasteiger partial charge >= 0.3 is 12.1 Å². The van der Waals surface area contributed by atoms with Crippen molar-refractivity contribution in [2.75, 3.05) is 5.32 Å². The molecular formula is C40H35F3N2O5. The first kappa shape index (κ1) is 35.4. The second-order valence-corrected chi connectivity index (χ2v) is 12.7. The van der Waals surface area contributed by atoms with E-state index in [1.807, 2.05) is 75.4 Å². The molecule has 50 heavy (non-hydrogen) atoms. The lowest BCUT2D eigenvalue weighted by atomic mass is 9.86. The second kappa shape index (κ2) is 14.7. The molecule has 5 aromatic carbocycles. The molecule has 0 aliphatic carbocycles. The molecule has 0 spiro atoms. The molecule has 5 rings (SSSR count). The lowest BCUT2D eigenvalue weighted by Gasteiger charge is -2.19. The normalized spacial score (nSPS) is 12.1. The molecule has 5 aromatic rings. The van der Waals surface area contributed by atoms with E-state index in [9.17, 15) is 32.7 Å². The van der Waals surface area contributed by atoms with Crippen molar-refractivity contribution in [3.63, 3.8) is 0 Å². The topological polar surface area (TPSA) is 105 Å². The van der Waals surface area contributed by atoms with Crippen LogP contribution < -0.4 is 15.4 Å². The molecule has 0 bridgehead atoms. The first-order valence-electron chi connectivity index (χ1n) is 15.8. The molecule has 0 heterocycles. The number of hydrogen-bond acceptors (Lipinski definition) is 4. The largest absolute Gasteiger partial charge is 0.480 e. The van der Waals surface area contributed by atoms with Crippen molar-refractivity contribution in [3.8, 4) is 22.6 Å². The molecule has 0 aliphatic rings. The molecule has 0 saturated carbocycles. The summed E-state index contributed by atoms with van der Waals surface area (Å²) in [5.74, 6) is -2.35. The highest BCUT2D eigenvalue weighted by atomic mass is 19.4. The summed E-state index contributed by atoms with van der Waals surface area (Å²) < 4.78 is 44.9. The number of carbonyl (C=O) groups excluding carboxylic acids is 2. The third-order valence-corrected chi connectivity index (χ3v) is 8.02. The molecule has 0 radical (unpaired) electrons. The van der Waals surface area contributed by atoms with Crippen LogP contribution in [0.1, 0.15) is 58.2 Å². The van der Waals surface area contributed by atoms with Crippen LogP contribution in [0, 0.1) is 0 Å². The van der Waals surface area contributed by atoms with Crippen LogP contribution in [0.4, 0.5) is 18.9 Å². The Bertz CT molecular complexity index is 1970. The highest BCUT2D eigenvalue weighted by Crippen LogP contribution is 2.33. The van der Waals surface area contributed by atoms with Crippen LogP contribution in [0.3, 0.4) is 0 Å². The van der Waals surface area contributed by atoms with Crippen molar-refractivity contribution in [2.45, 2.75) is 44.8 Å². The standard InChI is InChI=1S/C40H35F3N2O5/c1-39(2,3)29-15-13-28(14-16-29)36(46)44-34-24-32(50-31-19-17-30(18-20-31)40(41,42)43)21-22-33(34)37(47)45-35(38(48)49)23-25-9-11-27(12-10-25)26-7-5-4-6-8-26/h4-22,24,35H,23H2,1-3H3,(H,44,46)(H,45,47)(H,48,49). The molecule has 256 valence electrons. The molecule has 0 fully saturated rings. The van der Waals surface area contributed by atoms with Crippen LogP contribution in [0.5, 0.6) is 11.5 Å². The van der Waals surface area contributed by atoms with E-state index in [0.717, 1.165) is 41.0 Å². The Kier molecular flexibility index (Phi) is 10.4. The van der Waals surface area contributed by atoms with Gasteiger partial charge in [0.15, 0.2) is 0 Å². The van der Waals surface area contributed by atoms with E-state index in [2.05, 4.69) is 10.6 Å². The van der Waals surface area contributed by atoms with Crippen molar-refractivity contribution in [2.24, 2.45) is 0 Å². The SMILES string of the molecule is CC(C)(C)c1ccc(C(=O)Nc2cc(Oc3ccc(C(F)(F)F)cc3)ccc2C(=O)NC(Cc2ccc(-c3ccccc3)cc2)C(=O)O)cc1. The van der Waals surface area contributed by atoms with Gasteiger partial charge in [0.2, 0.25) is 0 Å². The van der Waals surface area contributed by atoms with Crippen molar-refractivity contribution < 1.29 is 37.4 Å². The Morgan fingerprint density at radius 2 is 1.28 bits per heavy atom. The minimum absolute atomic E-state index is 0.00687. The number of ether oxygens (including phenoxy) is 1. The molecule has 10 heteroatoms. The zero-order chi connectivity index (χ0) is 36.1. The van der Waals surface area contributed by atoms with Gasteiger partial charge in [0.05, 0.1) is 16.8 Å². The molecule has 0 aromatic heterocycles. The number of carboxylic acids is 1. The van der Waals surface area contributed by atoms with Crippen LogP contribution in [-0.2, 0) is 22.8 Å². The van der Waals surface area contributed by atoms with Gasteiger partial charge in [-0.05, 0) is 76.2 Å². The summed E-state index contributed by atoms with van der Waals surface area (Å²) in [4.78, 5) is 39.3. The van der Waals surface area contributed by atoms with E-state index in [4.69, 9.17) is 4.74 Å². The van der Waals surface area contributed by atoms with Crippen molar-refractivity contribution in [1.82, 2.24) is 5.32 Å². The maximum atomic E-state index is 13.6. The summed E-state index contributed by atoms with van der Waals surface area (Å²) >= 11 is 0. The maximum Gasteiger partial charge on any atom is 0.416 e. The summed E-state index contributed by atoms with van der Waals surface area (Å²) in [6.45, 7) is 6.12. The average molecular weight is 681 g/mol. The molecule has 1 unspecified atom stereocenters. The molecule has 1 atom stereocenters. The monoisotopic (exact) mass is 680 g/mol. The first-order valence-corrected chi connectivity index (χ1v) is 15.8. The Morgan fingerprint density at radius 1 is 0.700 bits per heavy atom. The molecule has 2 amide bonds. The Balaban J connectivity index is 1.39. The van der Waals surface area contributed by atoms with Gasteiger partial charge in [0, 0.05) is 18.1 Å². The number of hydrogen-bond donors (Lipinski definition) is 3. The van der Waals surface area contributed by atoms with Crippen LogP contribution in [0.15, 0.2) is 121 Å². The predicted octanol–water partition coefficient (Wildman–Crippen LogP) is 9.14. The number of carbonyl (C=O) groups is 3. The molecular weight excluding hydrogens is 645 g/mol. The smallest absolute Gasteiger partial charge is 0.416 e. The highest BCUT2D eigenvalue weighted by molar-refractivity contribution is 6.09. The number of amides is 2. The first-order chi connectivity index (χ1) is 23.7. The fourth-order valence-corrected chi connectivity index (χ4v) is 5.19. The Morgan fingerprint density at radius 3 is 1.86 bits per heavy atom. The minimum Gasteiger partial charge on any atom is -0.480 e. The number of anilines is 1. The summed E-state index contributed by atoms with van der Waals surface area (Å²) in [5.41, 5.74) is 2.94. The van der Waals surface area contributed by atoms with Gasteiger partial charge in [-0.1, -0.05) is 87.5 Å². The predicted molar refractivity (Wildman–Crippen MR) is 186 cm³/mol. The van der Waals surface area contributed by atoms with E-state index in [-0.39, 0.29) is 34.6 Å². The molecule has 7 nitrogen and oxygen atoms in total. The maximum absolute atomic E-state index is 13.6. The Labute approximate surface area is 287 Å². The fraction of sp³-hybridized carbons (Fsp3) is 0.175. The lowest BCUT2D eigenvalue weighted by Crippen LogP contribution is -2.42. The van der Waals surface area contributed by atoms with Gasteiger partial charge in [0.25, 0.3) is 11.8 Å². The summed E-state index contributed by atoms with van der Waals surface area (Å²) in [7, 11) is 0. The number of aliphatic carboxylic acids is 1. The Hall–Kier alpha value is -5.90. The van der Waals surface area contributed by atoms with E-state index in [1.165, 1.54) is 18.2 Å². The van der Waals surface area contributed by atoms with E-state index < -0.39 is 35.6 Å². The van der Waals surface area contributed by atoms with Gasteiger partial charge in [0.1, 0.15) is 17.5 Å². The van der Waals surface area contributed by atoms with Crippen molar-refractivity contribution >= 4 is 23.5 Å². The summed E-state index contributed by atoms with van der Waals surface area (Å²) in [5, 5.41) is 15.3. The van der Waals surface area contributed by atoms with Gasteiger partial charge in [-0.15, -0.1) is 0 Å². The molecule has 0 saturated heterocycles. The number of nitrogens with one attached hydrogen (secondary N) is 2. The van der Waals surface area contributed by atoms with Gasteiger partial charge < -0.3 is 20.5 Å². The summed E-state index contributed by atoms with van der Waals surface area (Å²) in [6, 6.07) is 30.9. The average Bonchev–Trinajstić information content (AvgIpc) is 3.08. The zero-order valence-electron chi connectivity index (χ0n) is 27.5. The number of halogens is 3. The lowest BCUT2D eigenvalue weighted by molar-refractivity contribution is -0.139. The fourth-order valence-electron chi connectivity index (χ4n) is 5.19. The van der Waals surface area contributed by atoms with Crippen LogP contribution >= 0.6 is 0 Å². The van der Waals surface area contributed by atoms with Crippen molar-refractivity contribution in [1.29, 1.82) is 0 Å². The van der Waals surface area contributed by atoms with Gasteiger partial charge in [-0.3, -0.25) is 9.59 Å². The van der Waals surface area contributed by atoms with Crippen molar-refractivity contribution in [3.05, 3.63) is 149 Å². The third kappa shape index (κ3) is 8.96. The number of carboxylic acid groups (broad SMARTS) is 1. The van der Waals surface area contributed by atoms with E-state index in [1.54, 1.807) is 24.3 Å².